The Bertz CT molecular complexity index is 952. The molecule has 3 rings (SSSR count). The highest BCUT2D eigenvalue weighted by Gasteiger charge is 2.18. The Labute approximate surface area is 181 Å². The van der Waals surface area contributed by atoms with E-state index in [1.165, 1.54) is 0 Å². The minimum Gasteiger partial charge on any atom is -0.336 e. The summed E-state index contributed by atoms with van der Waals surface area (Å²) < 4.78 is 0.957. The molecule has 156 valence electrons. The molecular weight excluding hydrogens is 432 g/mol. The molecule has 0 radical (unpaired) electrons. The van der Waals surface area contributed by atoms with E-state index < -0.39 is 0 Å². The monoisotopic (exact) mass is 460 g/mol. The maximum absolute atomic E-state index is 5.83. The van der Waals surface area contributed by atoms with Gasteiger partial charge in [0.25, 0.3) is 0 Å². The van der Waals surface area contributed by atoms with E-state index in [0.717, 1.165) is 38.9 Å². The third kappa shape index (κ3) is 5.62. The quantitative estimate of drug-likeness (QED) is 0.136. The molecule has 0 saturated carbocycles. The summed E-state index contributed by atoms with van der Waals surface area (Å²) in [5, 5.41) is 3.67. The molecule has 0 amide bonds. The van der Waals surface area contributed by atoms with Gasteiger partial charge in [0, 0.05) is 26.0 Å². The number of rotatable bonds is 10. The molecule has 0 aromatic heterocycles. The third-order valence-corrected chi connectivity index (χ3v) is 5.22. The van der Waals surface area contributed by atoms with Crippen LogP contribution in [0.4, 0.5) is 0 Å². The van der Waals surface area contributed by atoms with Crippen molar-refractivity contribution in [2.24, 2.45) is 11.8 Å². The molecule has 5 heteroatoms. The summed E-state index contributed by atoms with van der Waals surface area (Å²) in [6.07, 6.45) is 1.87. The van der Waals surface area contributed by atoms with Gasteiger partial charge in [0.15, 0.2) is 11.5 Å². The van der Waals surface area contributed by atoms with Crippen LogP contribution in [0, 0.1) is 11.8 Å². The minimum absolute atomic E-state index is 0.540. The summed E-state index contributed by atoms with van der Waals surface area (Å²) in [6, 6.07) is 14.0. The molecular formula is C24H29BrO4. The van der Waals surface area contributed by atoms with Gasteiger partial charge in [-0.3, -0.25) is 0 Å². The normalized spacial score (nSPS) is 11.7. The smallest absolute Gasteiger partial charge is 0.181 e. The first-order valence-corrected chi connectivity index (χ1v) is 11.0. The molecule has 0 atom stereocenters. The zero-order valence-electron chi connectivity index (χ0n) is 17.5. The maximum atomic E-state index is 5.83. The number of halogens is 1. The lowest BCUT2D eigenvalue weighted by Gasteiger charge is -2.16. The maximum Gasteiger partial charge on any atom is 0.181 e. The van der Waals surface area contributed by atoms with E-state index in [2.05, 4.69) is 43.6 Å². The van der Waals surface area contributed by atoms with Gasteiger partial charge in [-0.05, 0) is 42.9 Å². The van der Waals surface area contributed by atoms with Crippen LogP contribution in [0.25, 0.3) is 21.5 Å². The predicted molar refractivity (Wildman–Crippen MR) is 121 cm³/mol. The van der Waals surface area contributed by atoms with Gasteiger partial charge < -0.3 is 9.78 Å². The Morgan fingerprint density at radius 2 is 1.17 bits per heavy atom. The number of benzene rings is 3. The molecule has 0 spiro atoms. The molecule has 0 fully saturated rings. The summed E-state index contributed by atoms with van der Waals surface area (Å²) in [5.74, 6) is 2.50. The summed E-state index contributed by atoms with van der Waals surface area (Å²) in [4.78, 5) is 22.8. The SMILES string of the molecule is CC(C)CCOOc1c2ccccc2c(OOCCC(C)C)c2cc(Br)ccc12. The van der Waals surface area contributed by atoms with Crippen LogP contribution in [-0.4, -0.2) is 13.2 Å². The van der Waals surface area contributed by atoms with Crippen LogP contribution >= 0.6 is 15.9 Å². The first-order chi connectivity index (χ1) is 14.0. The lowest BCUT2D eigenvalue weighted by molar-refractivity contribution is -0.208. The molecule has 0 unspecified atom stereocenters. The van der Waals surface area contributed by atoms with Crippen LogP contribution in [0.2, 0.25) is 0 Å². The summed E-state index contributed by atoms with van der Waals surface area (Å²) >= 11 is 3.57. The molecule has 0 heterocycles. The molecule has 3 aromatic rings. The van der Waals surface area contributed by atoms with Crippen LogP contribution in [0.15, 0.2) is 46.9 Å². The molecule has 0 aliphatic rings. The number of hydrogen-bond donors (Lipinski definition) is 0. The largest absolute Gasteiger partial charge is 0.336 e. The lowest BCUT2D eigenvalue weighted by Crippen LogP contribution is -2.05. The van der Waals surface area contributed by atoms with E-state index in [1.54, 1.807) is 0 Å². The van der Waals surface area contributed by atoms with E-state index in [9.17, 15) is 0 Å². The number of fused-ring (bicyclic) bond motifs is 2. The van der Waals surface area contributed by atoms with E-state index in [0.29, 0.717) is 36.5 Å². The summed E-state index contributed by atoms with van der Waals surface area (Å²) in [7, 11) is 0. The summed E-state index contributed by atoms with van der Waals surface area (Å²) in [5.41, 5.74) is 0. The Kier molecular flexibility index (Phi) is 7.76. The van der Waals surface area contributed by atoms with Crippen molar-refractivity contribution in [3.63, 3.8) is 0 Å². The van der Waals surface area contributed by atoms with Crippen molar-refractivity contribution in [1.82, 2.24) is 0 Å². The van der Waals surface area contributed by atoms with E-state index in [4.69, 9.17) is 19.6 Å². The van der Waals surface area contributed by atoms with E-state index in [1.807, 2.05) is 42.5 Å². The molecule has 0 N–H and O–H groups in total. The fourth-order valence-corrected chi connectivity index (χ4v) is 3.38. The zero-order valence-corrected chi connectivity index (χ0v) is 19.1. The van der Waals surface area contributed by atoms with Gasteiger partial charge in [0.2, 0.25) is 0 Å². The van der Waals surface area contributed by atoms with Gasteiger partial charge in [-0.2, -0.15) is 9.78 Å². The van der Waals surface area contributed by atoms with Gasteiger partial charge in [-0.1, -0.05) is 67.9 Å². The predicted octanol–water partition coefficient (Wildman–Crippen LogP) is 7.47. The van der Waals surface area contributed by atoms with Gasteiger partial charge in [-0.15, -0.1) is 0 Å². The van der Waals surface area contributed by atoms with Crippen molar-refractivity contribution < 1.29 is 19.6 Å². The van der Waals surface area contributed by atoms with Crippen molar-refractivity contribution in [2.75, 3.05) is 13.2 Å². The fraction of sp³-hybridized carbons (Fsp3) is 0.417. The second-order valence-electron chi connectivity index (χ2n) is 8.07. The molecule has 0 saturated heterocycles. The second kappa shape index (κ2) is 10.3. The van der Waals surface area contributed by atoms with E-state index >= 15 is 0 Å². The van der Waals surface area contributed by atoms with Gasteiger partial charge in [0.1, 0.15) is 0 Å². The van der Waals surface area contributed by atoms with Crippen LogP contribution in [0.1, 0.15) is 40.5 Å². The van der Waals surface area contributed by atoms with Crippen molar-refractivity contribution in [2.45, 2.75) is 40.5 Å². The second-order valence-corrected chi connectivity index (χ2v) is 8.99. The highest BCUT2D eigenvalue weighted by molar-refractivity contribution is 9.10. The van der Waals surface area contributed by atoms with Gasteiger partial charge in [0.05, 0.1) is 13.2 Å². The Balaban J connectivity index is 2.01. The highest BCUT2D eigenvalue weighted by atomic mass is 79.9. The number of hydrogen-bond acceptors (Lipinski definition) is 4. The Morgan fingerprint density at radius 3 is 1.69 bits per heavy atom. The van der Waals surface area contributed by atoms with Crippen molar-refractivity contribution in [3.8, 4) is 11.5 Å². The van der Waals surface area contributed by atoms with Gasteiger partial charge in [-0.25, -0.2) is 0 Å². The first kappa shape index (κ1) is 21.9. The minimum atomic E-state index is 0.540. The lowest BCUT2D eigenvalue weighted by atomic mass is 10.0. The fourth-order valence-electron chi connectivity index (χ4n) is 3.02. The zero-order chi connectivity index (χ0) is 20.8. The molecule has 0 aliphatic heterocycles. The van der Waals surface area contributed by atoms with Crippen LogP contribution in [0.3, 0.4) is 0 Å². The van der Waals surface area contributed by atoms with E-state index in [-0.39, 0.29) is 0 Å². The van der Waals surface area contributed by atoms with Crippen molar-refractivity contribution >= 4 is 37.5 Å². The molecule has 29 heavy (non-hydrogen) atoms. The van der Waals surface area contributed by atoms with Crippen molar-refractivity contribution in [1.29, 1.82) is 0 Å². The highest BCUT2D eigenvalue weighted by Crippen LogP contribution is 2.43. The molecule has 0 bridgehead atoms. The standard InChI is InChI=1S/C24H29BrO4/c1-16(2)11-13-26-28-23-19-7-5-6-8-20(19)24(29-27-14-12-17(3)4)22-15-18(25)9-10-21(22)23/h5-10,15-17H,11-14H2,1-4H3. The average molecular weight is 461 g/mol. The van der Waals surface area contributed by atoms with Crippen LogP contribution < -0.4 is 9.78 Å². The Morgan fingerprint density at radius 1 is 0.690 bits per heavy atom. The third-order valence-electron chi connectivity index (χ3n) is 4.73. The van der Waals surface area contributed by atoms with Gasteiger partial charge >= 0.3 is 0 Å². The average Bonchev–Trinajstić information content (AvgIpc) is 2.68. The van der Waals surface area contributed by atoms with Crippen LogP contribution in [0.5, 0.6) is 11.5 Å². The Hall–Kier alpha value is -1.82. The summed E-state index contributed by atoms with van der Waals surface area (Å²) in [6.45, 7) is 9.74. The first-order valence-electron chi connectivity index (χ1n) is 10.2. The topological polar surface area (TPSA) is 36.9 Å². The van der Waals surface area contributed by atoms with Crippen molar-refractivity contribution in [3.05, 3.63) is 46.9 Å². The van der Waals surface area contributed by atoms with Crippen LogP contribution in [-0.2, 0) is 9.78 Å². The molecule has 0 aliphatic carbocycles. The molecule has 3 aromatic carbocycles. The molecule has 4 nitrogen and oxygen atoms in total.